The number of anilines is 1. The van der Waals surface area contributed by atoms with Crippen LogP contribution < -0.4 is 5.32 Å². The van der Waals surface area contributed by atoms with Gasteiger partial charge in [0.15, 0.2) is 5.76 Å². The van der Waals surface area contributed by atoms with Crippen LogP contribution in [0, 0.1) is 17.0 Å². The Labute approximate surface area is 221 Å². The molecule has 2 aromatic heterocycles. The fourth-order valence-corrected chi connectivity index (χ4v) is 4.64. The second-order valence-corrected chi connectivity index (χ2v) is 9.48. The lowest BCUT2D eigenvalue weighted by molar-refractivity contribution is -0.385. The third-order valence-corrected chi connectivity index (χ3v) is 6.54. The highest BCUT2D eigenvalue weighted by Gasteiger charge is 2.28. The number of rotatable bonds is 9. The van der Waals surface area contributed by atoms with Crippen LogP contribution in [0.25, 0.3) is 0 Å². The molecule has 0 unspecified atom stereocenters. The highest BCUT2D eigenvalue weighted by molar-refractivity contribution is 7.99. The number of aryl methyl sites for hydroxylation is 1. The Morgan fingerprint density at radius 2 is 1.82 bits per heavy atom. The zero-order chi connectivity index (χ0) is 27.6. The van der Waals surface area contributed by atoms with Crippen LogP contribution in [0.4, 0.5) is 28.9 Å². The standard InChI is InChI=1S/C24H17ClF4N4O4S/c1-12-2-5-16(6-3-12)38-17-9-13(8-14(10-17)33(35)36)30-24(34)18-7-4-15(37-18)11-32-21(23(28)29)19(25)20(31-32)22(26)27/h2-10,22-23H,11H2,1H3,(H,30,34). The smallest absolute Gasteiger partial charge is 0.291 e. The number of nitro groups is 1. The molecule has 0 bridgehead atoms. The van der Waals surface area contributed by atoms with Gasteiger partial charge in [-0.1, -0.05) is 41.1 Å². The summed E-state index contributed by atoms with van der Waals surface area (Å²) in [5.74, 6) is -1.05. The number of carbonyl (C=O) groups is 1. The number of aromatic nitrogens is 2. The molecule has 0 aliphatic heterocycles. The minimum absolute atomic E-state index is 0.0355. The first-order valence-electron chi connectivity index (χ1n) is 10.8. The Kier molecular flexibility index (Phi) is 8.07. The maximum atomic E-state index is 13.4. The van der Waals surface area contributed by atoms with E-state index in [0.29, 0.717) is 9.58 Å². The number of hydrogen-bond donors (Lipinski definition) is 1. The molecule has 2 aromatic carbocycles. The molecule has 0 fully saturated rings. The zero-order valence-corrected chi connectivity index (χ0v) is 20.9. The molecule has 0 radical (unpaired) electrons. The first-order valence-corrected chi connectivity index (χ1v) is 12.0. The van der Waals surface area contributed by atoms with E-state index in [0.717, 1.165) is 10.5 Å². The predicted octanol–water partition coefficient (Wildman–Crippen LogP) is 7.67. The number of amides is 1. The van der Waals surface area contributed by atoms with E-state index in [2.05, 4.69) is 10.4 Å². The van der Waals surface area contributed by atoms with Crippen molar-refractivity contribution >= 4 is 40.6 Å². The summed E-state index contributed by atoms with van der Waals surface area (Å²) >= 11 is 6.91. The van der Waals surface area contributed by atoms with Crippen LogP contribution in [-0.4, -0.2) is 20.6 Å². The molecule has 4 rings (SSSR count). The summed E-state index contributed by atoms with van der Waals surface area (Å²) < 4.78 is 58.9. The van der Waals surface area contributed by atoms with Crippen molar-refractivity contribution in [1.82, 2.24) is 9.78 Å². The van der Waals surface area contributed by atoms with Crippen molar-refractivity contribution in [2.45, 2.75) is 36.1 Å². The second-order valence-electron chi connectivity index (χ2n) is 7.95. The minimum Gasteiger partial charge on any atom is -0.454 e. The summed E-state index contributed by atoms with van der Waals surface area (Å²) in [5.41, 5.74) is -0.967. The number of nitrogens with zero attached hydrogens (tertiary/aromatic N) is 3. The van der Waals surface area contributed by atoms with Crippen LogP contribution in [0.15, 0.2) is 68.8 Å². The van der Waals surface area contributed by atoms with E-state index in [1.807, 2.05) is 31.2 Å². The Balaban J connectivity index is 1.53. The number of halogens is 5. The molecule has 38 heavy (non-hydrogen) atoms. The van der Waals surface area contributed by atoms with Gasteiger partial charge in [0.25, 0.3) is 24.4 Å². The van der Waals surface area contributed by atoms with Gasteiger partial charge >= 0.3 is 0 Å². The molecule has 4 aromatic rings. The van der Waals surface area contributed by atoms with Gasteiger partial charge in [0, 0.05) is 27.6 Å². The lowest BCUT2D eigenvalue weighted by Gasteiger charge is -2.08. The molecule has 0 aliphatic carbocycles. The van der Waals surface area contributed by atoms with Gasteiger partial charge in [0.1, 0.15) is 17.1 Å². The number of benzene rings is 2. The zero-order valence-electron chi connectivity index (χ0n) is 19.3. The molecule has 1 amide bonds. The quantitative estimate of drug-likeness (QED) is 0.126. The van der Waals surface area contributed by atoms with Crippen molar-refractivity contribution in [2.24, 2.45) is 0 Å². The predicted molar refractivity (Wildman–Crippen MR) is 131 cm³/mol. The molecule has 8 nitrogen and oxygen atoms in total. The number of carbonyl (C=O) groups excluding carboxylic acids is 1. The van der Waals surface area contributed by atoms with E-state index in [-0.39, 0.29) is 22.9 Å². The third-order valence-electron chi connectivity index (χ3n) is 5.18. The van der Waals surface area contributed by atoms with E-state index in [9.17, 15) is 32.5 Å². The van der Waals surface area contributed by atoms with Crippen LogP contribution in [-0.2, 0) is 6.54 Å². The monoisotopic (exact) mass is 568 g/mol. The van der Waals surface area contributed by atoms with Crippen LogP contribution >= 0.6 is 23.4 Å². The van der Waals surface area contributed by atoms with E-state index in [4.69, 9.17) is 16.0 Å². The molecule has 0 spiro atoms. The van der Waals surface area contributed by atoms with Gasteiger partial charge in [-0.2, -0.15) is 5.10 Å². The van der Waals surface area contributed by atoms with E-state index in [1.165, 1.54) is 36.0 Å². The lowest BCUT2D eigenvalue weighted by Crippen LogP contribution is -2.11. The number of non-ortho nitro benzene ring substituents is 1. The van der Waals surface area contributed by atoms with Crippen molar-refractivity contribution in [2.75, 3.05) is 5.32 Å². The minimum atomic E-state index is -3.18. The average Bonchev–Trinajstić information content (AvgIpc) is 3.45. The van der Waals surface area contributed by atoms with Crippen molar-refractivity contribution in [3.05, 3.63) is 98.2 Å². The molecule has 2 heterocycles. The highest BCUT2D eigenvalue weighted by atomic mass is 35.5. The maximum Gasteiger partial charge on any atom is 0.291 e. The number of nitrogens with one attached hydrogen (secondary N) is 1. The summed E-state index contributed by atoms with van der Waals surface area (Å²) in [7, 11) is 0. The maximum absolute atomic E-state index is 13.4. The van der Waals surface area contributed by atoms with Crippen LogP contribution in [0.2, 0.25) is 5.02 Å². The fourth-order valence-electron chi connectivity index (χ4n) is 3.43. The van der Waals surface area contributed by atoms with E-state index in [1.54, 1.807) is 6.07 Å². The van der Waals surface area contributed by atoms with Crippen LogP contribution in [0.5, 0.6) is 0 Å². The van der Waals surface area contributed by atoms with Gasteiger partial charge in [-0.25, -0.2) is 17.6 Å². The summed E-state index contributed by atoms with van der Waals surface area (Å²) in [6.07, 6.45) is -6.34. The van der Waals surface area contributed by atoms with Gasteiger partial charge < -0.3 is 9.73 Å². The van der Waals surface area contributed by atoms with E-state index >= 15 is 0 Å². The normalized spacial score (nSPS) is 11.4. The second kappa shape index (κ2) is 11.3. The topological polar surface area (TPSA) is 103 Å². The average molecular weight is 569 g/mol. The van der Waals surface area contributed by atoms with Crippen molar-refractivity contribution in [1.29, 1.82) is 0 Å². The van der Waals surface area contributed by atoms with Crippen LogP contribution in [0.1, 0.15) is 46.1 Å². The number of nitro benzene ring substituents is 1. The molecule has 0 aliphatic rings. The molecular weight excluding hydrogens is 552 g/mol. The highest BCUT2D eigenvalue weighted by Crippen LogP contribution is 2.35. The first kappa shape index (κ1) is 27.2. The molecule has 14 heteroatoms. The molecular formula is C24H17ClF4N4O4S. The first-order chi connectivity index (χ1) is 18.0. The Bertz CT molecular complexity index is 1490. The molecule has 0 saturated carbocycles. The van der Waals surface area contributed by atoms with Crippen molar-refractivity contribution in [3.8, 4) is 0 Å². The molecule has 0 atom stereocenters. The Morgan fingerprint density at radius 1 is 1.11 bits per heavy atom. The SMILES string of the molecule is Cc1ccc(Sc2cc(NC(=O)c3ccc(Cn4nc(C(F)F)c(Cl)c4C(F)F)o3)cc([N+](=O)[O-])c2)cc1. The number of furan rings is 1. The van der Waals surface area contributed by atoms with Gasteiger partial charge in [-0.3, -0.25) is 19.6 Å². The summed E-state index contributed by atoms with van der Waals surface area (Å²) in [4.78, 5) is 24.9. The Hall–Kier alpha value is -3.84. The number of alkyl halides is 4. The van der Waals surface area contributed by atoms with Gasteiger partial charge in [0.05, 0.1) is 16.5 Å². The molecule has 1 N–H and O–H groups in total. The summed E-state index contributed by atoms with van der Waals surface area (Å²) in [5, 5.41) is 16.5. The van der Waals surface area contributed by atoms with Crippen molar-refractivity contribution < 1.29 is 31.7 Å². The van der Waals surface area contributed by atoms with Gasteiger partial charge in [0.2, 0.25) is 0 Å². The Morgan fingerprint density at radius 3 is 2.45 bits per heavy atom. The summed E-state index contributed by atoms with van der Waals surface area (Å²) in [6.45, 7) is 1.44. The van der Waals surface area contributed by atoms with Gasteiger partial charge in [-0.05, 0) is 37.3 Å². The van der Waals surface area contributed by atoms with Crippen LogP contribution in [0.3, 0.4) is 0 Å². The van der Waals surface area contributed by atoms with Gasteiger partial charge in [-0.15, -0.1) is 0 Å². The third kappa shape index (κ3) is 6.17. The van der Waals surface area contributed by atoms with Crippen molar-refractivity contribution in [3.63, 3.8) is 0 Å². The van der Waals surface area contributed by atoms with E-state index < -0.39 is 46.6 Å². The lowest BCUT2D eigenvalue weighted by atomic mass is 10.2. The molecule has 0 saturated heterocycles. The fraction of sp³-hybridized carbons (Fsp3) is 0.167. The largest absolute Gasteiger partial charge is 0.454 e. The molecule has 198 valence electrons. The summed E-state index contributed by atoms with van der Waals surface area (Å²) in [6, 6.07) is 14.1. The number of hydrogen-bond acceptors (Lipinski definition) is 6.